The normalized spacial score (nSPS) is 21.8. The average molecular weight is 405 g/mol. The van der Waals surface area contributed by atoms with Gasteiger partial charge in [-0.3, -0.25) is 4.79 Å². The van der Waals surface area contributed by atoms with Crippen molar-refractivity contribution in [1.82, 2.24) is 19.9 Å². The van der Waals surface area contributed by atoms with Crippen LogP contribution in [0.15, 0.2) is 24.7 Å². The van der Waals surface area contributed by atoms with Crippen molar-refractivity contribution in [1.29, 1.82) is 0 Å². The van der Waals surface area contributed by atoms with E-state index in [1.54, 1.807) is 23.0 Å². The number of thiophene rings is 1. The van der Waals surface area contributed by atoms with Crippen molar-refractivity contribution in [3.05, 3.63) is 40.0 Å². The molecule has 6 nitrogen and oxygen atoms in total. The summed E-state index contributed by atoms with van der Waals surface area (Å²) in [4.78, 5) is 18.3. The van der Waals surface area contributed by atoms with E-state index in [2.05, 4.69) is 15.4 Å². The number of carbonyl (C=O) groups is 1. The van der Waals surface area contributed by atoms with Crippen molar-refractivity contribution in [2.24, 2.45) is 5.73 Å². The molecule has 0 aliphatic heterocycles. The molecule has 0 aromatic carbocycles. The number of halogens is 2. The molecule has 148 valence electrons. The van der Waals surface area contributed by atoms with Gasteiger partial charge in [0.25, 0.3) is 11.8 Å². The van der Waals surface area contributed by atoms with Crippen molar-refractivity contribution in [3.63, 3.8) is 0 Å². The Morgan fingerprint density at radius 2 is 2.14 bits per heavy atom. The van der Waals surface area contributed by atoms with Crippen LogP contribution in [0.2, 0.25) is 0 Å². The Labute approximate surface area is 164 Å². The van der Waals surface area contributed by atoms with E-state index in [0.717, 1.165) is 21.6 Å². The number of amides is 1. The molecular formula is C19H21F2N5OS. The molecule has 0 spiro atoms. The lowest BCUT2D eigenvalue weighted by molar-refractivity contribution is -0.0674. The van der Waals surface area contributed by atoms with Crippen LogP contribution in [0.3, 0.4) is 0 Å². The summed E-state index contributed by atoms with van der Waals surface area (Å²) in [6.45, 7) is 3.81. The van der Waals surface area contributed by atoms with Gasteiger partial charge in [0.05, 0.1) is 11.1 Å². The first-order valence-electron chi connectivity index (χ1n) is 9.11. The molecule has 1 fully saturated rings. The maximum absolute atomic E-state index is 14.2. The number of nitrogens with one attached hydrogen (secondary N) is 1. The summed E-state index contributed by atoms with van der Waals surface area (Å²) in [6, 6.07) is -0.387. The van der Waals surface area contributed by atoms with Crippen LogP contribution < -0.4 is 11.1 Å². The molecule has 4 rings (SSSR count). The molecule has 1 aliphatic carbocycles. The molecule has 1 saturated carbocycles. The number of carbonyl (C=O) groups excluding carboxylic acids is 1. The summed E-state index contributed by atoms with van der Waals surface area (Å²) in [5, 5.41) is 6.78. The predicted octanol–water partition coefficient (Wildman–Crippen LogP) is 3.32. The summed E-state index contributed by atoms with van der Waals surface area (Å²) < 4.78 is 30.1. The van der Waals surface area contributed by atoms with E-state index < -0.39 is 23.9 Å². The molecule has 0 bridgehead atoms. The number of hydrogen-bond acceptors (Lipinski definition) is 5. The molecule has 1 aliphatic rings. The largest absolute Gasteiger partial charge is 0.341 e. The van der Waals surface area contributed by atoms with Crippen LogP contribution >= 0.6 is 11.3 Å². The molecule has 3 N–H and O–H groups in total. The van der Waals surface area contributed by atoms with Crippen LogP contribution in [0.4, 0.5) is 8.78 Å². The second-order valence-corrected chi connectivity index (χ2v) is 8.56. The summed E-state index contributed by atoms with van der Waals surface area (Å²) in [5.74, 6) is -3.52. The second kappa shape index (κ2) is 6.89. The average Bonchev–Trinajstić information content (AvgIpc) is 3.20. The molecule has 1 amide bonds. The molecule has 3 aromatic rings. The van der Waals surface area contributed by atoms with E-state index in [1.807, 2.05) is 20.0 Å². The first-order chi connectivity index (χ1) is 13.3. The van der Waals surface area contributed by atoms with Gasteiger partial charge in [-0.1, -0.05) is 0 Å². The van der Waals surface area contributed by atoms with Gasteiger partial charge in [0, 0.05) is 40.9 Å². The van der Waals surface area contributed by atoms with Crippen molar-refractivity contribution in [3.8, 4) is 11.1 Å². The van der Waals surface area contributed by atoms with Crippen LogP contribution in [0.5, 0.6) is 0 Å². The Kier molecular flexibility index (Phi) is 4.67. The molecule has 0 saturated heterocycles. The van der Waals surface area contributed by atoms with E-state index in [1.165, 1.54) is 11.3 Å². The van der Waals surface area contributed by atoms with Gasteiger partial charge in [-0.2, -0.15) is 5.10 Å². The summed E-state index contributed by atoms with van der Waals surface area (Å²) >= 11 is 1.26. The number of fused-ring (bicyclic) bond motifs is 1. The highest BCUT2D eigenvalue weighted by molar-refractivity contribution is 7.14. The Balaban J connectivity index is 1.63. The van der Waals surface area contributed by atoms with E-state index in [4.69, 9.17) is 5.73 Å². The minimum Gasteiger partial charge on any atom is -0.341 e. The van der Waals surface area contributed by atoms with Crippen molar-refractivity contribution in [2.75, 3.05) is 0 Å². The van der Waals surface area contributed by atoms with Gasteiger partial charge in [0.1, 0.15) is 6.04 Å². The monoisotopic (exact) mass is 405 g/mol. The molecule has 3 aromatic heterocycles. The number of nitrogens with zero attached hydrogens (tertiary/aromatic N) is 3. The van der Waals surface area contributed by atoms with E-state index in [-0.39, 0.29) is 6.42 Å². The van der Waals surface area contributed by atoms with Crippen molar-refractivity contribution >= 4 is 22.9 Å². The fraction of sp³-hybridized carbons (Fsp3) is 0.421. The number of hydrogen-bond donors (Lipinski definition) is 2. The Hall–Kier alpha value is -2.39. The van der Waals surface area contributed by atoms with Crippen LogP contribution in [-0.2, 0) is 0 Å². The van der Waals surface area contributed by atoms with E-state index >= 15 is 0 Å². The second-order valence-electron chi connectivity index (χ2n) is 7.31. The minimum absolute atomic E-state index is 0.256. The van der Waals surface area contributed by atoms with Crippen LogP contribution in [0, 0.1) is 13.8 Å². The quantitative estimate of drug-likeness (QED) is 0.700. The Morgan fingerprint density at radius 3 is 2.89 bits per heavy atom. The van der Waals surface area contributed by atoms with Gasteiger partial charge >= 0.3 is 0 Å². The molecular weight excluding hydrogens is 384 g/mol. The van der Waals surface area contributed by atoms with E-state index in [9.17, 15) is 13.6 Å². The highest BCUT2D eigenvalue weighted by Crippen LogP contribution is 2.35. The van der Waals surface area contributed by atoms with Gasteiger partial charge in [0.15, 0.2) is 5.65 Å². The maximum atomic E-state index is 14.2. The fourth-order valence-corrected chi connectivity index (χ4v) is 4.59. The zero-order valence-corrected chi connectivity index (χ0v) is 16.4. The molecule has 2 atom stereocenters. The molecule has 0 radical (unpaired) electrons. The Morgan fingerprint density at radius 1 is 1.36 bits per heavy atom. The number of aryl methyl sites for hydroxylation is 2. The topological polar surface area (TPSA) is 85.3 Å². The zero-order valence-electron chi connectivity index (χ0n) is 15.6. The maximum Gasteiger partial charge on any atom is 0.269 e. The number of rotatable bonds is 3. The van der Waals surface area contributed by atoms with Crippen molar-refractivity contribution in [2.45, 2.75) is 51.1 Å². The lowest BCUT2D eigenvalue weighted by Crippen LogP contribution is -2.59. The van der Waals surface area contributed by atoms with Gasteiger partial charge in [-0.05, 0) is 38.3 Å². The van der Waals surface area contributed by atoms with Crippen LogP contribution in [0.25, 0.3) is 16.8 Å². The lowest BCUT2D eigenvalue weighted by Gasteiger charge is -2.36. The highest BCUT2D eigenvalue weighted by Gasteiger charge is 2.46. The minimum atomic E-state index is -2.99. The molecule has 2 unspecified atom stereocenters. The van der Waals surface area contributed by atoms with Gasteiger partial charge in [-0.15, -0.1) is 11.3 Å². The van der Waals surface area contributed by atoms with E-state index in [0.29, 0.717) is 23.4 Å². The third-order valence-corrected chi connectivity index (χ3v) is 6.18. The third kappa shape index (κ3) is 3.29. The first kappa shape index (κ1) is 18.9. The summed E-state index contributed by atoms with van der Waals surface area (Å²) in [5.41, 5.74) is 9.14. The van der Waals surface area contributed by atoms with Crippen LogP contribution in [0.1, 0.15) is 39.4 Å². The van der Waals surface area contributed by atoms with Gasteiger partial charge in [-0.25, -0.2) is 18.3 Å². The van der Waals surface area contributed by atoms with Gasteiger partial charge in [0.2, 0.25) is 0 Å². The van der Waals surface area contributed by atoms with Crippen LogP contribution in [-0.4, -0.2) is 38.5 Å². The summed E-state index contributed by atoms with van der Waals surface area (Å²) in [6.07, 6.45) is 5.90. The molecule has 3 heterocycles. The summed E-state index contributed by atoms with van der Waals surface area (Å²) in [7, 11) is 0. The molecule has 28 heavy (non-hydrogen) atoms. The number of aromatic nitrogens is 3. The smallest absolute Gasteiger partial charge is 0.269 e. The number of alkyl halides is 2. The first-order valence-corrected chi connectivity index (χ1v) is 9.93. The Bertz CT molecular complexity index is 1040. The highest BCUT2D eigenvalue weighted by atomic mass is 32.1. The predicted molar refractivity (Wildman–Crippen MR) is 104 cm³/mol. The molecule has 9 heteroatoms. The number of nitrogens with two attached hydrogens (primary N) is 1. The van der Waals surface area contributed by atoms with Crippen molar-refractivity contribution < 1.29 is 13.6 Å². The fourth-order valence-electron chi connectivity index (χ4n) is 3.65. The van der Waals surface area contributed by atoms with Gasteiger partial charge < -0.3 is 11.1 Å². The zero-order chi connectivity index (χ0) is 20.1. The third-order valence-electron chi connectivity index (χ3n) is 5.13. The SMILES string of the molecule is Cc1cnc2c(-c3cc(C(=O)NC4C(N)CCCC4(F)F)sc3C)cnn2c1. The standard InChI is InChI=1S/C19H21F2N5OS/c1-10-7-23-17-13(8-24-26(17)9-10)12-6-15(28-11(12)2)18(27)25-16-14(22)4-3-5-19(16,20)21/h6-9,14,16H,3-5,22H2,1-2H3,(H,25,27). The lowest BCUT2D eigenvalue weighted by atomic mass is 9.87.